The zero-order valence-electron chi connectivity index (χ0n) is 18.9. The monoisotopic (exact) mass is 423 g/mol. The summed E-state index contributed by atoms with van der Waals surface area (Å²) in [6.45, 7) is 2.94. The number of hydrogen-bond acceptors (Lipinski definition) is 2. The molecular weight excluding hydrogens is 390 g/mol. The highest BCUT2D eigenvalue weighted by Gasteiger charge is 2.53. The van der Waals surface area contributed by atoms with E-state index in [4.69, 9.17) is 4.74 Å². The number of piperidine rings is 1. The summed E-state index contributed by atoms with van der Waals surface area (Å²) in [7, 11) is 0. The molecule has 2 bridgehead atoms. The summed E-state index contributed by atoms with van der Waals surface area (Å²) in [5.41, 5.74) is 6.22. The molecule has 0 N–H and O–H groups in total. The summed E-state index contributed by atoms with van der Waals surface area (Å²) in [5.74, 6) is 1.82. The number of rotatable bonds is 5. The van der Waals surface area contributed by atoms with Gasteiger partial charge in [0, 0.05) is 18.0 Å². The van der Waals surface area contributed by atoms with Gasteiger partial charge in [0.05, 0.1) is 0 Å². The largest absolute Gasteiger partial charge is 0.489 e. The van der Waals surface area contributed by atoms with E-state index in [1.807, 2.05) is 0 Å². The first-order chi connectivity index (χ1) is 15.8. The summed E-state index contributed by atoms with van der Waals surface area (Å²) in [4.78, 5) is 2.80. The van der Waals surface area contributed by atoms with Crippen molar-refractivity contribution in [3.63, 3.8) is 0 Å². The van der Waals surface area contributed by atoms with Crippen molar-refractivity contribution in [3.05, 3.63) is 101 Å². The number of fused-ring (bicyclic) bond motifs is 1. The van der Waals surface area contributed by atoms with Crippen LogP contribution in [0.1, 0.15) is 54.4 Å². The van der Waals surface area contributed by atoms with Gasteiger partial charge in [0.25, 0.3) is 0 Å². The average molecular weight is 424 g/mol. The van der Waals surface area contributed by atoms with Gasteiger partial charge in [-0.2, -0.15) is 0 Å². The Kier molecular flexibility index (Phi) is 5.27. The van der Waals surface area contributed by atoms with Gasteiger partial charge in [-0.05, 0) is 72.5 Å². The number of hydrogen-bond donors (Lipinski definition) is 0. The lowest BCUT2D eigenvalue weighted by Gasteiger charge is -2.59. The fourth-order valence-corrected chi connectivity index (χ4v) is 6.91. The van der Waals surface area contributed by atoms with Gasteiger partial charge in [0.1, 0.15) is 12.4 Å². The van der Waals surface area contributed by atoms with Gasteiger partial charge in [0.2, 0.25) is 0 Å². The lowest BCUT2D eigenvalue weighted by Crippen LogP contribution is -2.60. The van der Waals surface area contributed by atoms with E-state index in [0.29, 0.717) is 18.1 Å². The van der Waals surface area contributed by atoms with E-state index in [9.17, 15) is 0 Å². The molecule has 2 aliphatic carbocycles. The molecule has 6 rings (SSSR count). The molecule has 0 radical (unpaired) electrons. The summed E-state index contributed by atoms with van der Waals surface area (Å²) in [6, 6.07) is 29.2. The van der Waals surface area contributed by atoms with Crippen LogP contribution in [0.15, 0.2) is 78.9 Å². The molecule has 0 aromatic heterocycles. The first-order valence-corrected chi connectivity index (χ1v) is 12.4. The van der Waals surface area contributed by atoms with E-state index in [0.717, 1.165) is 18.2 Å². The molecule has 2 fully saturated rings. The molecule has 0 unspecified atom stereocenters. The Labute approximate surface area is 192 Å². The molecule has 0 spiro atoms. The molecule has 1 saturated carbocycles. The molecule has 164 valence electrons. The van der Waals surface area contributed by atoms with Crippen molar-refractivity contribution < 1.29 is 4.74 Å². The summed E-state index contributed by atoms with van der Waals surface area (Å²) in [6.07, 6.45) is 7.97. The minimum absolute atomic E-state index is 0.357. The maximum absolute atomic E-state index is 6.26. The Bertz CT molecular complexity index is 1060. The highest BCUT2D eigenvalue weighted by atomic mass is 16.5. The van der Waals surface area contributed by atoms with Crippen LogP contribution in [0.2, 0.25) is 0 Å². The summed E-state index contributed by atoms with van der Waals surface area (Å²) < 4.78 is 6.26. The first kappa shape index (κ1) is 20.1. The van der Waals surface area contributed by atoms with Crippen LogP contribution in [0.4, 0.5) is 0 Å². The van der Waals surface area contributed by atoms with E-state index in [1.54, 1.807) is 11.1 Å². The number of nitrogens with zero attached hydrogens (tertiary/aromatic N) is 1. The fourth-order valence-electron chi connectivity index (χ4n) is 6.91. The van der Waals surface area contributed by atoms with Gasteiger partial charge in [-0.15, -0.1) is 0 Å². The number of likely N-dealkylation sites (tertiary alicyclic amines) is 1. The van der Waals surface area contributed by atoms with Gasteiger partial charge in [-0.3, -0.25) is 4.90 Å². The van der Waals surface area contributed by atoms with Gasteiger partial charge in [0.15, 0.2) is 0 Å². The van der Waals surface area contributed by atoms with Gasteiger partial charge in [-0.25, -0.2) is 0 Å². The smallest absolute Gasteiger partial charge is 0.120 e. The molecule has 3 atom stereocenters. The van der Waals surface area contributed by atoms with Crippen LogP contribution in [-0.4, -0.2) is 17.5 Å². The zero-order valence-corrected chi connectivity index (χ0v) is 18.9. The molecule has 2 heteroatoms. The number of ether oxygens (including phenoxy) is 1. The molecule has 3 aliphatic rings. The highest BCUT2D eigenvalue weighted by Crippen LogP contribution is 2.56. The molecule has 3 aromatic carbocycles. The van der Waals surface area contributed by atoms with Gasteiger partial charge < -0.3 is 4.74 Å². The molecule has 32 heavy (non-hydrogen) atoms. The Morgan fingerprint density at radius 1 is 0.844 bits per heavy atom. The standard InChI is InChI=1S/C30H33NO/c1-3-9-23(10-4-1)21-31-18-17-30-16-8-7-13-27(30)29(31)19-25-14-15-26(20-28(25)30)32-22-24-11-5-2-6-12-24/h1-6,9-12,14-15,20,27,29H,7-8,13,16-19,21-22H2/t27-,29+,30+/m0/s1. The molecule has 1 aliphatic heterocycles. The van der Waals surface area contributed by atoms with Crippen LogP contribution in [-0.2, 0) is 25.0 Å². The third kappa shape index (κ3) is 3.55. The lowest BCUT2D eigenvalue weighted by molar-refractivity contribution is -0.0157. The topological polar surface area (TPSA) is 12.5 Å². The van der Waals surface area contributed by atoms with E-state index in [1.165, 1.54) is 56.2 Å². The van der Waals surface area contributed by atoms with Crippen molar-refractivity contribution in [2.75, 3.05) is 6.54 Å². The predicted octanol–water partition coefficient (Wildman–Crippen LogP) is 6.52. The van der Waals surface area contributed by atoms with E-state index in [-0.39, 0.29) is 0 Å². The lowest BCUT2D eigenvalue weighted by atomic mass is 9.52. The van der Waals surface area contributed by atoms with E-state index in [2.05, 4.69) is 83.8 Å². The molecular formula is C30H33NO. The van der Waals surface area contributed by atoms with Crippen LogP contribution < -0.4 is 4.74 Å². The minimum Gasteiger partial charge on any atom is -0.489 e. The maximum Gasteiger partial charge on any atom is 0.120 e. The van der Waals surface area contributed by atoms with Crippen molar-refractivity contribution >= 4 is 0 Å². The third-order valence-corrected chi connectivity index (χ3v) is 8.40. The molecule has 1 saturated heterocycles. The Morgan fingerprint density at radius 2 is 1.62 bits per heavy atom. The predicted molar refractivity (Wildman–Crippen MR) is 130 cm³/mol. The normalized spacial score (nSPS) is 26.8. The van der Waals surface area contributed by atoms with Crippen LogP contribution in [0.5, 0.6) is 5.75 Å². The molecule has 2 nitrogen and oxygen atoms in total. The zero-order chi connectivity index (χ0) is 21.4. The summed E-state index contributed by atoms with van der Waals surface area (Å²) in [5, 5.41) is 0. The molecule has 3 aromatic rings. The first-order valence-electron chi connectivity index (χ1n) is 12.4. The fraction of sp³-hybridized carbons (Fsp3) is 0.400. The van der Waals surface area contributed by atoms with Crippen LogP contribution in [0.3, 0.4) is 0 Å². The quantitative estimate of drug-likeness (QED) is 0.463. The van der Waals surface area contributed by atoms with Crippen molar-refractivity contribution in [2.45, 2.75) is 63.1 Å². The Hall–Kier alpha value is -2.58. The van der Waals surface area contributed by atoms with Crippen molar-refractivity contribution in [2.24, 2.45) is 5.92 Å². The minimum atomic E-state index is 0.357. The van der Waals surface area contributed by atoms with Crippen LogP contribution in [0, 0.1) is 5.92 Å². The maximum atomic E-state index is 6.26. The molecule has 1 heterocycles. The second kappa shape index (κ2) is 8.41. The van der Waals surface area contributed by atoms with Crippen molar-refractivity contribution in [1.82, 2.24) is 4.90 Å². The van der Waals surface area contributed by atoms with Crippen LogP contribution >= 0.6 is 0 Å². The Morgan fingerprint density at radius 3 is 2.44 bits per heavy atom. The summed E-state index contributed by atoms with van der Waals surface area (Å²) >= 11 is 0. The van der Waals surface area contributed by atoms with E-state index < -0.39 is 0 Å². The van der Waals surface area contributed by atoms with Crippen molar-refractivity contribution in [1.29, 1.82) is 0 Å². The van der Waals surface area contributed by atoms with Crippen molar-refractivity contribution in [3.8, 4) is 5.75 Å². The SMILES string of the molecule is c1ccc(COc2ccc3c(c2)[C@@]24CCCC[C@H]2[C@@H](C3)N(Cc2ccccc2)CC4)cc1. The van der Waals surface area contributed by atoms with Gasteiger partial charge in [-0.1, -0.05) is 79.6 Å². The van der Waals surface area contributed by atoms with Gasteiger partial charge >= 0.3 is 0 Å². The van der Waals surface area contributed by atoms with Crippen LogP contribution in [0.25, 0.3) is 0 Å². The second-order valence-electron chi connectivity index (χ2n) is 10.1. The average Bonchev–Trinajstić information content (AvgIpc) is 2.86. The third-order valence-electron chi connectivity index (χ3n) is 8.40. The highest BCUT2D eigenvalue weighted by molar-refractivity contribution is 5.46. The second-order valence-corrected chi connectivity index (χ2v) is 10.1. The Balaban J connectivity index is 1.29. The number of benzene rings is 3. The van der Waals surface area contributed by atoms with E-state index >= 15 is 0 Å². The molecule has 0 amide bonds.